The Morgan fingerprint density at radius 2 is 2.00 bits per heavy atom. The van der Waals surface area contributed by atoms with Gasteiger partial charge in [0.05, 0.1) is 12.5 Å². The van der Waals surface area contributed by atoms with Crippen molar-refractivity contribution in [1.29, 1.82) is 0 Å². The summed E-state index contributed by atoms with van der Waals surface area (Å²) in [5, 5.41) is 6.22. The Morgan fingerprint density at radius 1 is 1.33 bits per heavy atom. The van der Waals surface area contributed by atoms with Crippen LogP contribution in [0.3, 0.4) is 0 Å². The van der Waals surface area contributed by atoms with Crippen LogP contribution >= 0.6 is 0 Å². The van der Waals surface area contributed by atoms with Crippen LogP contribution in [0.2, 0.25) is 0 Å². The predicted octanol–water partition coefficient (Wildman–Crippen LogP) is 1.43. The summed E-state index contributed by atoms with van der Waals surface area (Å²) in [4.78, 5) is 23.3. The Bertz CT molecular complexity index is 523. The molecular formula is C16H23N3O2. The zero-order chi connectivity index (χ0) is 15.5. The number of amides is 2. The highest BCUT2D eigenvalue weighted by atomic mass is 16.2. The molecule has 2 rings (SSSR count). The number of hydrogen-bond acceptors (Lipinski definition) is 3. The third-order valence-corrected chi connectivity index (χ3v) is 3.99. The first kappa shape index (κ1) is 15.5. The molecule has 0 saturated carbocycles. The van der Waals surface area contributed by atoms with E-state index in [1.807, 2.05) is 0 Å². The highest BCUT2D eigenvalue weighted by Gasteiger charge is 2.36. The van der Waals surface area contributed by atoms with Crippen LogP contribution in [0.1, 0.15) is 32.3 Å². The van der Waals surface area contributed by atoms with Crippen molar-refractivity contribution >= 4 is 17.5 Å². The second-order valence-electron chi connectivity index (χ2n) is 6.31. The SMILES string of the molecule is CC1(C)CCCNC1C(=O)Nc1ccc(CC(N)=O)cc1. The first-order valence-corrected chi connectivity index (χ1v) is 7.30. The maximum absolute atomic E-state index is 12.4. The van der Waals surface area contributed by atoms with Gasteiger partial charge in [-0.1, -0.05) is 26.0 Å². The van der Waals surface area contributed by atoms with E-state index in [4.69, 9.17) is 5.73 Å². The molecule has 1 saturated heterocycles. The van der Waals surface area contributed by atoms with Gasteiger partial charge in [-0.2, -0.15) is 0 Å². The topological polar surface area (TPSA) is 84.2 Å². The van der Waals surface area contributed by atoms with E-state index >= 15 is 0 Å². The predicted molar refractivity (Wildman–Crippen MR) is 82.8 cm³/mol. The highest BCUT2D eigenvalue weighted by molar-refractivity contribution is 5.95. The fourth-order valence-corrected chi connectivity index (χ4v) is 2.78. The summed E-state index contributed by atoms with van der Waals surface area (Å²) in [6, 6.07) is 7.02. The van der Waals surface area contributed by atoms with Gasteiger partial charge in [-0.15, -0.1) is 0 Å². The molecule has 1 aliphatic rings. The molecule has 0 radical (unpaired) electrons. The van der Waals surface area contributed by atoms with Crippen molar-refractivity contribution in [3.05, 3.63) is 29.8 Å². The van der Waals surface area contributed by atoms with E-state index in [1.165, 1.54) is 0 Å². The lowest BCUT2D eigenvalue weighted by atomic mass is 9.77. The van der Waals surface area contributed by atoms with Gasteiger partial charge < -0.3 is 16.4 Å². The molecule has 0 aromatic heterocycles. The average molecular weight is 289 g/mol. The molecule has 2 amide bonds. The lowest BCUT2D eigenvalue weighted by Crippen LogP contribution is -2.53. The van der Waals surface area contributed by atoms with Crippen LogP contribution in [0.4, 0.5) is 5.69 Å². The van der Waals surface area contributed by atoms with Gasteiger partial charge in [0.25, 0.3) is 0 Å². The van der Waals surface area contributed by atoms with Crippen LogP contribution in [-0.2, 0) is 16.0 Å². The Kier molecular flexibility index (Phi) is 4.63. The minimum absolute atomic E-state index is 0.0117. The maximum Gasteiger partial charge on any atom is 0.242 e. The molecule has 1 aromatic rings. The number of primary amides is 1. The lowest BCUT2D eigenvalue weighted by molar-refractivity contribution is -0.121. The minimum Gasteiger partial charge on any atom is -0.369 e. The molecule has 5 heteroatoms. The van der Waals surface area contributed by atoms with Crippen molar-refractivity contribution in [3.8, 4) is 0 Å². The Balaban J connectivity index is 2.00. The van der Waals surface area contributed by atoms with E-state index in [1.54, 1.807) is 24.3 Å². The monoisotopic (exact) mass is 289 g/mol. The lowest BCUT2D eigenvalue weighted by Gasteiger charge is -2.38. The van der Waals surface area contributed by atoms with Crippen LogP contribution in [0.5, 0.6) is 0 Å². The highest BCUT2D eigenvalue weighted by Crippen LogP contribution is 2.30. The summed E-state index contributed by atoms with van der Waals surface area (Å²) in [6.45, 7) is 5.10. The van der Waals surface area contributed by atoms with Crippen LogP contribution in [0.25, 0.3) is 0 Å². The van der Waals surface area contributed by atoms with Crippen molar-refractivity contribution in [2.24, 2.45) is 11.1 Å². The molecule has 0 bridgehead atoms. The van der Waals surface area contributed by atoms with Crippen molar-refractivity contribution < 1.29 is 9.59 Å². The zero-order valence-corrected chi connectivity index (χ0v) is 12.6. The number of anilines is 1. The number of carbonyl (C=O) groups is 2. The number of nitrogens with two attached hydrogens (primary N) is 1. The van der Waals surface area contributed by atoms with Crippen molar-refractivity contribution in [1.82, 2.24) is 5.32 Å². The van der Waals surface area contributed by atoms with Crippen molar-refractivity contribution in [3.63, 3.8) is 0 Å². The summed E-state index contributed by atoms with van der Waals surface area (Å²) < 4.78 is 0. The van der Waals surface area contributed by atoms with Gasteiger partial charge in [0.1, 0.15) is 0 Å². The molecule has 1 aromatic carbocycles. The number of piperidine rings is 1. The van der Waals surface area contributed by atoms with Gasteiger partial charge in [-0.3, -0.25) is 9.59 Å². The molecule has 1 fully saturated rings. The minimum atomic E-state index is -0.361. The van der Waals surface area contributed by atoms with E-state index in [-0.39, 0.29) is 29.7 Å². The van der Waals surface area contributed by atoms with Crippen molar-refractivity contribution in [2.45, 2.75) is 39.2 Å². The smallest absolute Gasteiger partial charge is 0.242 e. The van der Waals surface area contributed by atoms with E-state index in [9.17, 15) is 9.59 Å². The summed E-state index contributed by atoms with van der Waals surface area (Å²) in [5.41, 5.74) is 6.68. The number of benzene rings is 1. The summed E-state index contributed by atoms with van der Waals surface area (Å²) in [7, 11) is 0. The second kappa shape index (κ2) is 6.26. The summed E-state index contributed by atoms with van der Waals surface area (Å²) in [6.07, 6.45) is 2.35. The van der Waals surface area contributed by atoms with E-state index in [0.717, 1.165) is 30.6 Å². The van der Waals surface area contributed by atoms with Crippen LogP contribution in [0, 0.1) is 5.41 Å². The normalized spacial score (nSPS) is 20.8. The van der Waals surface area contributed by atoms with Gasteiger partial charge >= 0.3 is 0 Å². The van der Waals surface area contributed by atoms with Crippen LogP contribution in [-0.4, -0.2) is 24.4 Å². The van der Waals surface area contributed by atoms with Gasteiger partial charge in [-0.05, 0) is 42.5 Å². The van der Waals surface area contributed by atoms with E-state index < -0.39 is 0 Å². The molecule has 1 unspecified atom stereocenters. The first-order chi connectivity index (χ1) is 9.88. The summed E-state index contributed by atoms with van der Waals surface area (Å²) in [5.74, 6) is -0.373. The van der Waals surface area contributed by atoms with Crippen LogP contribution < -0.4 is 16.4 Å². The van der Waals surface area contributed by atoms with Gasteiger partial charge in [0.2, 0.25) is 11.8 Å². The standard InChI is InChI=1S/C16H23N3O2/c1-16(2)8-3-9-18-14(16)15(21)19-12-6-4-11(5-7-12)10-13(17)20/h4-7,14,18H,3,8-10H2,1-2H3,(H2,17,20)(H,19,21). The number of rotatable bonds is 4. The molecule has 4 N–H and O–H groups in total. The Hall–Kier alpha value is -1.88. The zero-order valence-electron chi connectivity index (χ0n) is 12.6. The molecule has 0 spiro atoms. The molecular weight excluding hydrogens is 266 g/mol. The fraction of sp³-hybridized carbons (Fsp3) is 0.500. The first-order valence-electron chi connectivity index (χ1n) is 7.30. The van der Waals surface area contributed by atoms with Crippen molar-refractivity contribution in [2.75, 3.05) is 11.9 Å². The average Bonchev–Trinajstić information content (AvgIpc) is 2.39. The van der Waals surface area contributed by atoms with E-state index in [2.05, 4.69) is 24.5 Å². The molecule has 0 aliphatic carbocycles. The third kappa shape index (κ3) is 4.04. The molecule has 21 heavy (non-hydrogen) atoms. The molecule has 1 aliphatic heterocycles. The largest absolute Gasteiger partial charge is 0.369 e. The third-order valence-electron chi connectivity index (χ3n) is 3.99. The number of nitrogens with one attached hydrogen (secondary N) is 2. The van der Waals surface area contributed by atoms with Gasteiger partial charge in [-0.25, -0.2) is 0 Å². The molecule has 114 valence electrons. The number of carbonyl (C=O) groups excluding carboxylic acids is 2. The Labute approximate surface area is 125 Å². The van der Waals surface area contributed by atoms with Gasteiger partial charge in [0.15, 0.2) is 0 Å². The second-order valence-corrected chi connectivity index (χ2v) is 6.31. The fourth-order valence-electron chi connectivity index (χ4n) is 2.78. The molecule has 1 heterocycles. The molecule has 5 nitrogen and oxygen atoms in total. The van der Waals surface area contributed by atoms with Gasteiger partial charge in [0, 0.05) is 5.69 Å². The quantitative estimate of drug-likeness (QED) is 0.784. The molecule has 1 atom stereocenters. The Morgan fingerprint density at radius 3 is 2.57 bits per heavy atom. The maximum atomic E-state index is 12.4. The van der Waals surface area contributed by atoms with Crippen LogP contribution in [0.15, 0.2) is 24.3 Å². The number of hydrogen-bond donors (Lipinski definition) is 3. The summed E-state index contributed by atoms with van der Waals surface area (Å²) >= 11 is 0. The van der Waals surface area contributed by atoms with E-state index in [0.29, 0.717) is 0 Å².